The number of carbonyl (C=O) groups is 4. The van der Waals surface area contributed by atoms with Crippen LogP contribution in [0.3, 0.4) is 0 Å². The Labute approximate surface area is 176 Å². The molecule has 11 nitrogen and oxygen atoms in total. The molecule has 2 atom stereocenters. The van der Waals surface area contributed by atoms with Crippen molar-refractivity contribution < 1.29 is 29.4 Å². The van der Waals surface area contributed by atoms with Crippen molar-refractivity contribution in [2.45, 2.75) is 37.9 Å². The molecule has 1 aromatic rings. The van der Waals surface area contributed by atoms with E-state index in [0.29, 0.717) is 18.4 Å². The zero-order valence-corrected chi connectivity index (χ0v) is 16.4. The third kappa shape index (κ3) is 5.32. The highest BCUT2D eigenvalue weighted by atomic mass is 16.4. The molecule has 3 rings (SSSR count). The van der Waals surface area contributed by atoms with Crippen LogP contribution in [0.5, 0.6) is 0 Å². The first-order valence-electron chi connectivity index (χ1n) is 9.50. The fourth-order valence-corrected chi connectivity index (χ4v) is 3.25. The van der Waals surface area contributed by atoms with Crippen molar-refractivity contribution in [3.05, 3.63) is 46.5 Å². The fourth-order valence-electron chi connectivity index (χ4n) is 3.25. The maximum Gasteiger partial charge on any atom is 0.326 e. The van der Waals surface area contributed by atoms with Crippen molar-refractivity contribution in [3.8, 4) is 0 Å². The van der Waals surface area contributed by atoms with E-state index in [2.05, 4.69) is 20.6 Å². The van der Waals surface area contributed by atoms with Gasteiger partial charge in [0.25, 0.3) is 11.8 Å². The maximum atomic E-state index is 12.3. The number of benzene rings is 1. The second kappa shape index (κ2) is 9.20. The van der Waals surface area contributed by atoms with Gasteiger partial charge in [-0.25, -0.2) is 9.79 Å². The number of nitrogens with zero attached hydrogens (tertiary/aromatic N) is 2. The molecule has 0 fully saturated rings. The topological polar surface area (TPSA) is 184 Å². The summed E-state index contributed by atoms with van der Waals surface area (Å²) in [6, 6.07) is 5.29. The molecule has 2 aliphatic rings. The van der Waals surface area contributed by atoms with E-state index in [-0.39, 0.29) is 30.3 Å². The van der Waals surface area contributed by atoms with Crippen LogP contribution >= 0.6 is 0 Å². The zero-order valence-electron chi connectivity index (χ0n) is 16.4. The second-order valence-corrected chi connectivity index (χ2v) is 7.05. The monoisotopic (exact) mass is 427 g/mol. The van der Waals surface area contributed by atoms with Crippen LogP contribution in [-0.2, 0) is 20.8 Å². The van der Waals surface area contributed by atoms with Gasteiger partial charge in [-0.1, -0.05) is 12.1 Å². The normalized spacial score (nSPS) is 18.1. The number of nitrogens with two attached hydrogens (primary N) is 1. The summed E-state index contributed by atoms with van der Waals surface area (Å²) in [6.07, 6.45) is 1.57. The van der Waals surface area contributed by atoms with Gasteiger partial charge < -0.3 is 21.3 Å². The maximum absolute atomic E-state index is 12.3. The summed E-state index contributed by atoms with van der Waals surface area (Å²) in [5.41, 5.74) is 7.94. The van der Waals surface area contributed by atoms with Gasteiger partial charge in [0.05, 0.1) is 5.57 Å². The lowest BCUT2D eigenvalue weighted by atomic mass is 9.99. The van der Waals surface area contributed by atoms with Gasteiger partial charge >= 0.3 is 11.9 Å². The van der Waals surface area contributed by atoms with Gasteiger partial charge in [0.1, 0.15) is 6.04 Å². The zero-order chi connectivity index (χ0) is 22.5. The first-order chi connectivity index (χ1) is 14.7. The summed E-state index contributed by atoms with van der Waals surface area (Å²) in [5.74, 6) is -3.31. The fraction of sp³-hybridized carbons (Fsp3) is 0.300. The lowest BCUT2D eigenvalue weighted by Gasteiger charge is -2.17. The van der Waals surface area contributed by atoms with Crippen molar-refractivity contribution in [1.29, 1.82) is 0 Å². The van der Waals surface area contributed by atoms with Crippen LogP contribution in [-0.4, -0.2) is 58.3 Å². The summed E-state index contributed by atoms with van der Waals surface area (Å²) < 4.78 is 0. The van der Waals surface area contributed by atoms with Crippen molar-refractivity contribution in [3.63, 3.8) is 0 Å². The van der Waals surface area contributed by atoms with E-state index >= 15 is 0 Å². The number of amides is 2. The van der Waals surface area contributed by atoms with Crippen LogP contribution in [0, 0.1) is 0 Å². The minimum absolute atomic E-state index is 0.0408. The second-order valence-electron chi connectivity index (χ2n) is 7.05. The number of nitrogens with one attached hydrogen (secondary N) is 2. The largest absolute Gasteiger partial charge is 0.481 e. The van der Waals surface area contributed by atoms with Gasteiger partial charge in [-0.2, -0.15) is 0 Å². The highest BCUT2D eigenvalue weighted by Crippen LogP contribution is 2.25. The number of allylic oxidation sites excluding steroid dienone is 1. The molecule has 6 N–H and O–H groups in total. The minimum atomic E-state index is -1.30. The van der Waals surface area contributed by atoms with E-state index in [4.69, 9.17) is 15.9 Å². The molecule has 0 saturated carbocycles. The first kappa shape index (κ1) is 21.7. The molecule has 0 aromatic heterocycles. The van der Waals surface area contributed by atoms with Gasteiger partial charge in [-0.05, 0) is 42.5 Å². The standard InChI is InChI=1S/C20H21N5O6/c21-20-24-16-15(18(29)25-20)12(9-22-16)6-3-10-1-4-11(5-2-10)17(28)23-13(19(30)31)7-8-14(26)27/h1-2,4-5,9,13,16H,3,6-8H2,(H,23,28)(H,26,27)(H,30,31)(H3,21,24,25,29)/t13-,16?/m0/s1. The van der Waals surface area contributed by atoms with Crippen LogP contribution < -0.4 is 16.4 Å². The Kier molecular flexibility index (Phi) is 6.43. The highest BCUT2D eigenvalue weighted by molar-refractivity contribution is 6.12. The van der Waals surface area contributed by atoms with Gasteiger partial charge in [-0.3, -0.25) is 24.7 Å². The van der Waals surface area contributed by atoms with Crippen molar-refractivity contribution in [2.75, 3.05) is 0 Å². The predicted octanol–water partition coefficient (Wildman–Crippen LogP) is -0.181. The third-order valence-electron chi connectivity index (χ3n) is 4.87. The minimum Gasteiger partial charge on any atom is -0.481 e. The Hall–Kier alpha value is -4.02. The number of carboxylic acids is 2. The van der Waals surface area contributed by atoms with Crippen LogP contribution in [0.25, 0.3) is 0 Å². The van der Waals surface area contributed by atoms with Crippen LogP contribution in [0.15, 0.2) is 45.4 Å². The molecular weight excluding hydrogens is 406 g/mol. The number of hydrogen-bond donors (Lipinski definition) is 5. The predicted molar refractivity (Wildman–Crippen MR) is 110 cm³/mol. The third-order valence-corrected chi connectivity index (χ3v) is 4.87. The molecule has 2 heterocycles. The molecule has 2 amide bonds. The lowest BCUT2D eigenvalue weighted by molar-refractivity contribution is -0.140. The van der Waals surface area contributed by atoms with Crippen molar-refractivity contribution >= 4 is 35.9 Å². The molecule has 1 aromatic carbocycles. The molecule has 1 unspecified atom stereocenters. The molecule has 0 radical (unpaired) electrons. The number of guanidine groups is 1. The molecule has 31 heavy (non-hydrogen) atoms. The molecular formula is C20H21N5O6. The number of hydrogen-bond acceptors (Lipinski definition) is 7. The highest BCUT2D eigenvalue weighted by Gasteiger charge is 2.31. The molecule has 0 aliphatic carbocycles. The van der Waals surface area contributed by atoms with Gasteiger partial charge in [0.2, 0.25) is 0 Å². The summed E-state index contributed by atoms with van der Waals surface area (Å²) >= 11 is 0. The van der Waals surface area contributed by atoms with Gasteiger partial charge in [0, 0.05) is 18.2 Å². The van der Waals surface area contributed by atoms with Crippen LogP contribution in [0.4, 0.5) is 0 Å². The molecule has 0 saturated heterocycles. The van der Waals surface area contributed by atoms with E-state index in [1.54, 1.807) is 30.5 Å². The Morgan fingerprint density at radius 2 is 1.87 bits per heavy atom. The Balaban J connectivity index is 1.60. The molecule has 162 valence electrons. The molecule has 2 aliphatic heterocycles. The Morgan fingerprint density at radius 1 is 1.16 bits per heavy atom. The lowest BCUT2D eigenvalue weighted by Crippen LogP contribution is -2.44. The summed E-state index contributed by atoms with van der Waals surface area (Å²) in [4.78, 5) is 54.5. The quantitative estimate of drug-likeness (QED) is 0.362. The number of aliphatic imine (C=N–C) groups is 2. The Morgan fingerprint density at radius 3 is 2.52 bits per heavy atom. The van der Waals surface area contributed by atoms with E-state index in [9.17, 15) is 19.2 Å². The smallest absolute Gasteiger partial charge is 0.326 e. The number of rotatable bonds is 9. The van der Waals surface area contributed by atoms with Gasteiger partial charge in [0.15, 0.2) is 12.1 Å². The van der Waals surface area contributed by atoms with Crippen molar-refractivity contribution in [2.24, 2.45) is 15.7 Å². The van der Waals surface area contributed by atoms with E-state index in [1.807, 2.05) is 0 Å². The summed E-state index contributed by atoms with van der Waals surface area (Å²) in [7, 11) is 0. The van der Waals surface area contributed by atoms with Crippen molar-refractivity contribution in [1.82, 2.24) is 10.6 Å². The number of carbonyl (C=O) groups excluding carboxylic acids is 2. The molecule has 11 heteroatoms. The Bertz CT molecular complexity index is 1010. The average molecular weight is 427 g/mol. The number of aliphatic carboxylic acids is 2. The van der Waals surface area contributed by atoms with Crippen LogP contribution in [0.1, 0.15) is 35.2 Å². The van der Waals surface area contributed by atoms with E-state index in [1.165, 1.54) is 0 Å². The summed E-state index contributed by atoms with van der Waals surface area (Å²) in [6.45, 7) is 0. The number of fused-ring (bicyclic) bond motifs is 1. The first-order valence-corrected chi connectivity index (χ1v) is 9.50. The average Bonchev–Trinajstić information content (AvgIpc) is 3.12. The van der Waals surface area contributed by atoms with Crippen LogP contribution in [0.2, 0.25) is 0 Å². The summed E-state index contributed by atoms with van der Waals surface area (Å²) in [5, 5.41) is 22.6. The number of aryl methyl sites for hydroxylation is 1. The van der Waals surface area contributed by atoms with Gasteiger partial charge in [-0.15, -0.1) is 0 Å². The van der Waals surface area contributed by atoms with E-state index in [0.717, 1.165) is 11.1 Å². The number of carboxylic acid groups (broad SMARTS) is 2. The molecule has 0 spiro atoms. The van der Waals surface area contributed by atoms with E-state index < -0.39 is 30.1 Å². The SMILES string of the molecule is NC1=NC2N=CC(CCc3ccc(C(=O)N[C@@H](CCC(=O)O)C(=O)O)cc3)=C2C(=O)N1. The molecule has 0 bridgehead atoms.